The molecule has 0 N–H and O–H groups in total. The maximum Gasteiger partial charge on any atom is 0.307 e. The van der Waals surface area contributed by atoms with Gasteiger partial charge < -0.3 is 14.4 Å². The van der Waals surface area contributed by atoms with Gasteiger partial charge >= 0.3 is 5.97 Å². The summed E-state index contributed by atoms with van der Waals surface area (Å²) in [7, 11) is 1.35. The second-order valence-electron chi connectivity index (χ2n) is 5.80. The molecular weight excluding hydrogens is 353 g/mol. The highest BCUT2D eigenvalue weighted by Gasteiger charge is 2.32. The highest BCUT2D eigenvalue weighted by atomic mass is 35.5. The van der Waals surface area contributed by atoms with Crippen LogP contribution in [0.25, 0.3) is 0 Å². The van der Waals surface area contributed by atoms with Gasteiger partial charge in [-0.2, -0.15) is 0 Å². The zero-order valence-corrected chi connectivity index (χ0v) is 15.3. The highest BCUT2D eigenvalue weighted by molar-refractivity contribution is 6.35. The fourth-order valence-electron chi connectivity index (χ4n) is 2.82. The molecule has 1 saturated heterocycles. The largest absolute Gasteiger partial charge is 0.479 e. The molecule has 1 aliphatic rings. The Morgan fingerprint density at radius 3 is 2.75 bits per heavy atom. The summed E-state index contributed by atoms with van der Waals surface area (Å²) in [6.07, 6.45) is 2.19. The Hall–Kier alpha value is -1.46. The zero-order chi connectivity index (χ0) is 17.7. The van der Waals surface area contributed by atoms with Gasteiger partial charge in [-0.3, -0.25) is 9.59 Å². The molecule has 1 fully saturated rings. The van der Waals surface area contributed by atoms with E-state index in [-0.39, 0.29) is 24.3 Å². The smallest absolute Gasteiger partial charge is 0.307 e. The van der Waals surface area contributed by atoms with Crippen molar-refractivity contribution in [2.24, 2.45) is 0 Å². The number of esters is 1. The van der Waals surface area contributed by atoms with Gasteiger partial charge in [0.2, 0.25) is 0 Å². The predicted molar refractivity (Wildman–Crippen MR) is 92.5 cm³/mol. The average molecular weight is 374 g/mol. The number of amides is 1. The molecule has 0 radical (unpaired) electrons. The third-order valence-electron chi connectivity index (χ3n) is 4.09. The number of piperidine rings is 1. The number of nitrogens with zero attached hydrogens (tertiary/aromatic N) is 1. The van der Waals surface area contributed by atoms with E-state index in [9.17, 15) is 9.59 Å². The topological polar surface area (TPSA) is 55.8 Å². The van der Waals surface area contributed by atoms with Crippen molar-refractivity contribution >= 4 is 35.1 Å². The number of halogens is 2. The predicted octanol–water partition coefficient (Wildman–Crippen LogP) is 3.70. The fraction of sp³-hybridized carbons (Fsp3) is 0.529. The van der Waals surface area contributed by atoms with Gasteiger partial charge in [0.05, 0.1) is 18.6 Å². The van der Waals surface area contributed by atoms with Crippen molar-refractivity contribution < 1.29 is 19.1 Å². The minimum Gasteiger partial charge on any atom is -0.479 e. The molecule has 1 aromatic carbocycles. The van der Waals surface area contributed by atoms with Crippen LogP contribution in [0.4, 0.5) is 0 Å². The minimum atomic E-state index is -0.707. The molecule has 0 saturated carbocycles. The van der Waals surface area contributed by atoms with Crippen LogP contribution >= 0.6 is 23.2 Å². The number of carbonyl (C=O) groups excluding carboxylic acids is 2. The van der Waals surface area contributed by atoms with Gasteiger partial charge in [0.1, 0.15) is 5.75 Å². The molecule has 1 aromatic rings. The van der Waals surface area contributed by atoms with Gasteiger partial charge in [0.15, 0.2) is 6.10 Å². The monoisotopic (exact) mass is 373 g/mol. The number of hydrogen-bond acceptors (Lipinski definition) is 4. The molecule has 24 heavy (non-hydrogen) atoms. The SMILES string of the molecule is COC(=O)CC1CCCCN1C(=O)C(C)Oc1ccc(Cl)cc1Cl. The number of carbonyl (C=O) groups is 2. The van der Waals surface area contributed by atoms with Crippen molar-refractivity contribution in [2.45, 2.75) is 44.8 Å². The van der Waals surface area contributed by atoms with Crippen LogP contribution < -0.4 is 4.74 Å². The second-order valence-corrected chi connectivity index (χ2v) is 6.64. The van der Waals surface area contributed by atoms with Crippen molar-refractivity contribution in [2.75, 3.05) is 13.7 Å². The van der Waals surface area contributed by atoms with Crippen LogP contribution in [0.15, 0.2) is 18.2 Å². The molecule has 2 rings (SSSR count). The molecule has 7 heteroatoms. The summed E-state index contributed by atoms with van der Waals surface area (Å²) in [6.45, 7) is 2.29. The zero-order valence-electron chi connectivity index (χ0n) is 13.8. The van der Waals surface area contributed by atoms with Crippen molar-refractivity contribution in [3.05, 3.63) is 28.2 Å². The first-order valence-corrected chi connectivity index (χ1v) is 8.67. The molecule has 0 spiro atoms. The van der Waals surface area contributed by atoms with E-state index in [0.29, 0.717) is 22.3 Å². The van der Waals surface area contributed by atoms with Crippen LogP contribution in [-0.2, 0) is 14.3 Å². The van der Waals surface area contributed by atoms with Crippen LogP contribution in [-0.4, -0.2) is 42.6 Å². The minimum absolute atomic E-state index is 0.148. The maximum atomic E-state index is 12.7. The number of likely N-dealkylation sites (tertiary alicyclic amines) is 1. The fourth-order valence-corrected chi connectivity index (χ4v) is 3.28. The van der Waals surface area contributed by atoms with Gasteiger partial charge in [0.25, 0.3) is 5.91 Å². The molecule has 5 nitrogen and oxygen atoms in total. The van der Waals surface area contributed by atoms with Gasteiger partial charge in [0, 0.05) is 17.6 Å². The molecule has 0 bridgehead atoms. The van der Waals surface area contributed by atoms with Crippen molar-refractivity contribution in [1.82, 2.24) is 4.90 Å². The third kappa shape index (κ3) is 4.77. The molecular formula is C17H21Cl2NO4. The molecule has 2 atom stereocenters. The first kappa shape index (κ1) is 18.9. The molecule has 1 aliphatic heterocycles. The van der Waals surface area contributed by atoms with Gasteiger partial charge in [-0.25, -0.2) is 0 Å². The number of rotatable bonds is 5. The van der Waals surface area contributed by atoms with Crippen LogP contribution in [0.3, 0.4) is 0 Å². The van der Waals surface area contributed by atoms with E-state index < -0.39 is 6.10 Å². The quantitative estimate of drug-likeness (QED) is 0.738. The van der Waals surface area contributed by atoms with Crippen LogP contribution in [0.5, 0.6) is 5.75 Å². The Balaban J connectivity index is 2.05. The van der Waals surface area contributed by atoms with Gasteiger partial charge in [-0.1, -0.05) is 23.2 Å². The average Bonchev–Trinajstić information content (AvgIpc) is 2.57. The Bertz CT molecular complexity index is 608. The summed E-state index contributed by atoms with van der Waals surface area (Å²) < 4.78 is 10.4. The lowest BCUT2D eigenvalue weighted by atomic mass is 9.98. The lowest BCUT2D eigenvalue weighted by molar-refractivity contribution is -0.147. The third-order valence-corrected chi connectivity index (χ3v) is 4.62. The van der Waals surface area contributed by atoms with Gasteiger partial charge in [-0.05, 0) is 44.4 Å². The molecule has 132 valence electrons. The van der Waals surface area contributed by atoms with E-state index in [1.165, 1.54) is 7.11 Å². The maximum absolute atomic E-state index is 12.7. The van der Waals surface area contributed by atoms with Crippen molar-refractivity contribution in [3.8, 4) is 5.75 Å². The lowest BCUT2D eigenvalue weighted by Crippen LogP contribution is -2.49. The van der Waals surface area contributed by atoms with Crippen LogP contribution in [0.2, 0.25) is 10.0 Å². The van der Waals surface area contributed by atoms with E-state index in [1.807, 2.05) is 0 Å². The second kappa shape index (κ2) is 8.58. The number of hydrogen-bond donors (Lipinski definition) is 0. The molecule has 0 aromatic heterocycles. The molecule has 0 aliphatic carbocycles. The lowest BCUT2D eigenvalue weighted by Gasteiger charge is -2.36. The Labute approximate surface area is 151 Å². The normalized spacial score (nSPS) is 18.8. The highest BCUT2D eigenvalue weighted by Crippen LogP contribution is 2.29. The molecule has 2 unspecified atom stereocenters. The molecule has 1 heterocycles. The van der Waals surface area contributed by atoms with Crippen LogP contribution in [0.1, 0.15) is 32.6 Å². The van der Waals surface area contributed by atoms with E-state index >= 15 is 0 Å². The van der Waals surface area contributed by atoms with E-state index in [2.05, 4.69) is 0 Å². The number of methoxy groups -OCH3 is 1. The van der Waals surface area contributed by atoms with Gasteiger partial charge in [-0.15, -0.1) is 0 Å². The summed E-state index contributed by atoms with van der Waals surface area (Å²) >= 11 is 11.9. The summed E-state index contributed by atoms with van der Waals surface area (Å²) in [5, 5.41) is 0.854. The Morgan fingerprint density at radius 1 is 1.33 bits per heavy atom. The van der Waals surface area contributed by atoms with Crippen molar-refractivity contribution in [1.29, 1.82) is 0 Å². The summed E-state index contributed by atoms with van der Waals surface area (Å²) in [5.74, 6) is -0.0629. The number of benzene rings is 1. The van der Waals surface area contributed by atoms with E-state index in [4.69, 9.17) is 32.7 Å². The molecule has 1 amide bonds. The first-order chi connectivity index (χ1) is 11.4. The standard InChI is InChI=1S/C17H21Cl2NO4/c1-11(24-15-7-6-12(18)9-14(15)19)17(22)20-8-4-3-5-13(20)10-16(21)23-2/h6-7,9,11,13H,3-5,8,10H2,1-2H3. The first-order valence-electron chi connectivity index (χ1n) is 7.91. The number of ether oxygens (including phenoxy) is 2. The summed E-state index contributed by atoms with van der Waals surface area (Å²) in [4.78, 5) is 26.0. The van der Waals surface area contributed by atoms with Crippen LogP contribution in [0, 0.1) is 0 Å². The van der Waals surface area contributed by atoms with E-state index in [0.717, 1.165) is 19.3 Å². The summed E-state index contributed by atoms with van der Waals surface area (Å²) in [5.41, 5.74) is 0. The van der Waals surface area contributed by atoms with E-state index in [1.54, 1.807) is 30.0 Å². The Kier molecular flexibility index (Phi) is 6.75. The Morgan fingerprint density at radius 2 is 2.08 bits per heavy atom. The summed E-state index contributed by atoms with van der Waals surface area (Å²) in [6, 6.07) is 4.71. The van der Waals surface area contributed by atoms with Crippen molar-refractivity contribution in [3.63, 3.8) is 0 Å².